The average molecular weight is 283 g/mol. The molecule has 0 radical (unpaired) electrons. The molecule has 1 heterocycles. The summed E-state index contributed by atoms with van der Waals surface area (Å²) < 4.78 is 1.99. The summed E-state index contributed by atoms with van der Waals surface area (Å²) in [5, 5.41) is 8.16. The molecule has 2 rings (SSSR count). The molecule has 0 aliphatic rings. The molecule has 0 aliphatic carbocycles. The minimum Gasteiger partial charge on any atom is -0.323 e. The molecule has 2 aromatic rings. The standard InChI is InChI=1S/C11H13N3S3/c1-15-10-13-14-11(17-10)16-7-9(12)8-5-3-2-4-6-8/h2-6,9H,7,12H2,1H3. The van der Waals surface area contributed by atoms with Crippen molar-refractivity contribution >= 4 is 34.9 Å². The first-order valence-corrected chi connectivity index (χ1v) is 8.13. The molecule has 1 atom stereocenters. The van der Waals surface area contributed by atoms with Crippen molar-refractivity contribution in [1.29, 1.82) is 0 Å². The minimum atomic E-state index is 0.0443. The topological polar surface area (TPSA) is 51.8 Å². The van der Waals surface area contributed by atoms with Gasteiger partial charge in [0.25, 0.3) is 0 Å². The van der Waals surface area contributed by atoms with Crippen LogP contribution in [0, 0.1) is 0 Å². The van der Waals surface area contributed by atoms with E-state index in [2.05, 4.69) is 22.3 Å². The highest BCUT2D eigenvalue weighted by atomic mass is 32.2. The number of rotatable bonds is 5. The molecule has 0 saturated carbocycles. The summed E-state index contributed by atoms with van der Waals surface area (Å²) in [5.74, 6) is 0.826. The van der Waals surface area contributed by atoms with Crippen LogP contribution in [0.25, 0.3) is 0 Å². The van der Waals surface area contributed by atoms with Crippen LogP contribution in [-0.2, 0) is 0 Å². The second kappa shape index (κ2) is 6.39. The molecule has 0 spiro atoms. The molecule has 6 heteroatoms. The van der Waals surface area contributed by atoms with E-state index in [0.717, 1.165) is 20.0 Å². The molecule has 0 aliphatic heterocycles. The third-order valence-corrected chi connectivity index (χ3v) is 5.33. The summed E-state index contributed by atoms with van der Waals surface area (Å²) in [4.78, 5) is 0. The SMILES string of the molecule is CSc1nnc(SCC(N)c2ccccc2)s1. The molecule has 0 saturated heterocycles. The number of hydrogen-bond donors (Lipinski definition) is 1. The van der Waals surface area contributed by atoms with Crippen LogP contribution < -0.4 is 5.73 Å². The summed E-state index contributed by atoms with van der Waals surface area (Å²) in [6.07, 6.45) is 2.00. The van der Waals surface area contributed by atoms with Gasteiger partial charge in [-0.15, -0.1) is 10.2 Å². The molecule has 3 nitrogen and oxygen atoms in total. The Balaban J connectivity index is 1.90. The molecule has 2 N–H and O–H groups in total. The van der Waals surface area contributed by atoms with Gasteiger partial charge in [-0.25, -0.2) is 0 Å². The van der Waals surface area contributed by atoms with Crippen LogP contribution in [0.4, 0.5) is 0 Å². The number of nitrogens with two attached hydrogens (primary N) is 1. The molecular weight excluding hydrogens is 270 g/mol. The Labute approximate surface area is 113 Å². The fourth-order valence-electron chi connectivity index (χ4n) is 1.30. The van der Waals surface area contributed by atoms with Crippen molar-refractivity contribution in [2.24, 2.45) is 5.73 Å². The molecule has 17 heavy (non-hydrogen) atoms. The van der Waals surface area contributed by atoms with E-state index in [1.165, 1.54) is 0 Å². The summed E-state index contributed by atoms with van der Waals surface area (Å²) in [5.41, 5.74) is 7.27. The van der Waals surface area contributed by atoms with Crippen molar-refractivity contribution < 1.29 is 0 Å². The number of hydrogen-bond acceptors (Lipinski definition) is 6. The van der Waals surface area contributed by atoms with Crippen molar-refractivity contribution in [3.05, 3.63) is 35.9 Å². The van der Waals surface area contributed by atoms with E-state index in [0.29, 0.717) is 0 Å². The van der Waals surface area contributed by atoms with Crippen LogP contribution in [0.1, 0.15) is 11.6 Å². The van der Waals surface area contributed by atoms with Crippen LogP contribution >= 0.6 is 34.9 Å². The van der Waals surface area contributed by atoms with E-state index in [4.69, 9.17) is 5.73 Å². The van der Waals surface area contributed by atoms with E-state index < -0.39 is 0 Å². The highest BCUT2D eigenvalue weighted by Crippen LogP contribution is 2.29. The summed E-state index contributed by atoms with van der Waals surface area (Å²) in [7, 11) is 0. The Kier molecular flexibility index (Phi) is 4.85. The Hall–Kier alpha value is -0.560. The fraction of sp³-hybridized carbons (Fsp3) is 0.273. The van der Waals surface area contributed by atoms with Crippen molar-refractivity contribution in [2.45, 2.75) is 14.7 Å². The third kappa shape index (κ3) is 3.70. The van der Waals surface area contributed by atoms with Gasteiger partial charge in [0.15, 0.2) is 8.68 Å². The van der Waals surface area contributed by atoms with Crippen LogP contribution in [0.3, 0.4) is 0 Å². The molecule has 0 fully saturated rings. The zero-order valence-corrected chi connectivity index (χ0v) is 11.8. The highest BCUT2D eigenvalue weighted by Gasteiger charge is 2.09. The number of aromatic nitrogens is 2. The molecule has 1 aromatic heterocycles. The molecule has 0 amide bonds. The van der Waals surface area contributed by atoms with Gasteiger partial charge in [-0.3, -0.25) is 0 Å². The predicted octanol–water partition coefficient (Wildman–Crippen LogP) is 3.05. The van der Waals surface area contributed by atoms with Gasteiger partial charge < -0.3 is 5.73 Å². The normalized spacial score (nSPS) is 12.6. The van der Waals surface area contributed by atoms with E-state index in [-0.39, 0.29) is 6.04 Å². The zero-order chi connectivity index (χ0) is 12.1. The lowest BCUT2D eigenvalue weighted by Gasteiger charge is -2.09. The van der Waals surface area contributed by atoms with Gasteiger partial charge in [0, 0.05) is 11.8 Å². The first-order valence-electron chi connectivity index (χ1n) is 5.10. The maximum Gasteiger partial charge on any atom is 0.175 e. The fourth-order valence-corrected chi connectivity index (χ4v) is 3.75. The maximum absolute atomic E-state index is 6.11. The lowest BCUT2D eigenvalue weighted by atomic mass is 10.1. The van der Waals surface area contributed by atoms with Crippen LogP contribution in [0.15, 0.2) is 39.0 Å². The van der Waals surface area contributed by atoms with E-state index in [1.54, 1.807) is 34.9 Å². The number of nitrogens with zero attached hydrogens (tertiary/aromatic N) is 2. The lowest BCUT2D eigenvalue weighted by molar-refractivity contribution is 0.829. The van der Waals surface area contributed by atoms with E-state index in [1.807, 2.05) is 24.5 Å². The van der Waals surface area contributed by atoms with Gasteiger partial charge in [0.2, 0.25) is 0 Å². The molecule has 0 bridgehead atoms. The number of benzene rings is 1. The van der Waals surface area contributed by atoms with Gasteiger partial charge >= 0.3 is 0 Å². The van der Waals surface area contributed by atoms with Gasteiger partial charge in [-0.05, 0) is 11.8 Å². The van der Waals surface area contributed by atoms with Crippen molar-refractivity contribution in [3.63, 3.8) is 0 Å². The zero-order valence-electron chi connectivity index (χ0n) is 9.37. The Morgan fingerprint density at radius 3 is 2.59 bits per heavy atom. The summed E-state index contributed by atoms with van der Waals surface area (Å²) in [6, 6.07) is 10.2. The smallest absolute Gasteiger partial charge is 0.175 e. The molecule has 1 unspecified atom stereocenters. The van der Waals surface area contributed by atoms with Crippen molar-refractivity contribution in [2.75, 3.05) is 12.0 Å². The molecular formula is C11H13N3S3. The summed E-state index contributed by atoms with van der Waals surface area (Å²) >= 11 is 4.90. The number of thioether (sulfide) groups is 2. The highest BCUT2D eigenvalue weighted by molar-refractivity contribution is 8.02. The van der Waals surface area contributed by atoms with E-state index >= 15 is 0 Å². The first kappa shape index (κ1) is 12.9. The van der Waals surface area contributed by atoms with Gasteiger partial charge in [0.05, 0.1) is 0 Å². The van der Waals surface area contributed by atoms with Gasteiger partial charge in [-0.2, -0.15) is 0 Å². The first-order chi connectivity index (χ1) is 8.29. The quantitative estimate of drug-likeness (QED) is 0.855. The van der Waals surface area contributed by atoms with Crippen molar-refractivity contribution in [1.82, 2.24) is 10.2 Å². The van der Waals surface area contributed by atoms with Gasteiger partial charge in [0.1, 0.15) is 0 Å². The van der Waals surface area contributed by atoms with Crippen LogP contribution in [-0.4, -0.2) is 22.2 Å². The monoisotopic (exact) mass is 283 g/mol. The Bertz CT molecular complexity index is 458. The third-order valence-electron chi connectivity index (χ3n) is 2.18. The average Bonchev–Trinajstić information content (AvgIpc) is 2.85. The largest absolute Gasteiger partial charge is 0.323 e. The van der Waals surface area contributed by atoms with Crippen molar-refractivity contribution in [3.8, 4) is 0 Å². The lowest BCUT2D eigenvalue weighted by Crippen LogP contribution is -2.12. The van der Waals surface area contributed by atoms with Crippen LogP contribution in [0.2, 0.25) is 0 Å². The molecule has 1 aromatic carbocycles. The summed E-state index contributed by atoms with van der Waals surface area (Å²) in [6.45, 7) is 0. The Morgan fingerprint density at radius 2 is 1.94 bits per heavy atom. The van der Waals surface area contributed by atoms with Gasteiger partial charge in [-0.1, -0.05) is 65.2 Å². The van der Waals surface area contributed by atoms with E-state index in [9.17, 15) is 0 Å². The predicted molar refractivity (Wildman–Crippen MR) is 75.8 cm³/mol. The molecule has 90 valence electrons. The second-order valence-corrected chi connectivity index (χ2v) is 6.66. The maximum atomic E-state index is 6.11. The minimum absolute atomic E-state index is 0.0443. The Morgan fingerprint density at radius 1 is 1.24 bits per heavy atom. The van der Waals surface area contributed by atoms with Crippen LogP contribution in [0.5, 0.6) is 0 Å². The second-order valence-electron chi connectivity index (χ2n) is 3.37.